The number of hydrogen-bond donors (Lipinski definition) is 6. The minimum absolute atomic E-state index is 0.0258. The van der Waals surface area contributed by atoms with Gasteiger partial charge in [-0.2, -0.15) is 4.98 Å². The van der Waals surface area contributed by atoms with Crippen LogP contribution in [0.25, 0.3) is 22.3 Å². The molecular formula is C22H28N9O11P2+. The molecule has 0 saturated carbocycles. The molecular weight excluding hydrogens is 628 g/mol. The highest BCUT2D eigenvalue weighted by Crippen LogP contribution is 2.50. The second kappa shape index (κ2) is 11.8. The van der Waals surface area contributed by atoms with Gasteiger partial charge in [0.2, 0.25) is 5.95 Å². The lowest BCUT2D eigenvalue weighted by atomic mass is 10.0. The summed E-state index contributed by atoms with van der Waals surface area (Å²) in [4.78, 5) is 51.4. The van der Waals surface area contributed by atoms with Gasteiger partial charge in [0.25, 0.3) is 5.56 Å². The van der Waals surface area contributed by atoms with E-state index in [-0.39, 0.29) is 23.5 Å². The van der Waals surface area contributed by atoms with E-state index >= 15 is 0 Å². The first-order chi connectivity index (χ1) is 21.0. The molecule has 0 amide bonds. The number of rotatable bonds is 10. The average Bonchev–Trinajstić information content (AvgIpc) is 3.73. The summed E-state index contributed by atoms with van der Waals surface area (Å²) < 4.78 is 55.5. The number of aliphatic hydroxyl groups excluding tert-OH is 1. The molecule has 6 rings (SSSR count). The molecule has 22 heteroatoms. The van der Waals surface area contributed by atoms with Gasteiger partial charge in [0.1, 0.15) is 24.0 Å². The summed E-state index contributed by atoms with van der Waals surface area (Å²) in [6, 6.07) is 1.58. The lowest BCUT2D eigenvalue weighted by Crippen LogP contribution is -2.31. The van der Waals surface area contributed by atoms with Crippen LogP contribution < -0.4 is 17.0 Å². The summed E-state index contributed by atoms with van der Waals surface area (Å²) in [5, 5.41) is 9.70. The molecule has 0 aliphatic carbocycles. The molecule has 4 aromatic rings. The Bertz CT molecular complexity index is 1810. The Morgan fingerprint density at radius 3 is 2.61 bits per heavy atom. The molecule has 9 atom stereocenters. The number of hydrogen-bond acceptors (Lipinski definition) is 15. The molecule has 8 N–H and O–H groups in total. The number of aliphatic hydroxyl groups is 1. The number of fused-ring (bicyclic) bond motifs is 2. The molecule has 44 heavy (non-hydrogen) atoms. The Labute approximate surface area is 247 Å². The van der Waals surface area contributed by atoms with Crippen molar-refractivity contribution in [2.45, 2.75) is 50.2 Å². The third-order valence-corrected chi connectivity index (χ3v) is 8.81. The number of H-pyrrole nitrogens is 1. The highest BCUT2D eigenvalue weighted by molar-refractivity contribution is 7.47. The zero-order valence-electron chi connectivity index (χ0n) is 22.8. The first-order valence-corrected chi connectivity index (χ1v) is 15.8. The Hall–Kier alpha value is -3.42. The van der Waals surface area contributed by atoms with Crippen LogP contribution in [0, 0.1) is 5.92 Å². The van der Waals surface area contributed by atoms with Crippen LogP contribution in [0.4, 0.5) is 11.6 Å². The maximum absolute atomic E-state index is 13.2. The zero-order valence-corrected chi connectivity index (χ0v) is 24.6. The van der Waals surface area contributed by atoms with Gasteiger partial charge in [0.05, 0.1) is 37.7 Å². The molecule has 6 heterocycles. The number of ether oxygens (including phenoxy) is 2. The predicted octanol–water partition coefficient (Wildman–Crippen LogP) is 0.0793. The summed E-state index contributed by atoms with van der Waals surface area (Å²) in [6.45, 7) is 0.665. The fraction of sp³-hybridized carbons (Fsp3) is 0.500. The minimum atomic E-state index is -4.88. The number of nitrogens with zero attached hydrogens (tertiary/aromatic N) is 6. The van der Waals surface area contributed by atoms with E-state index in [1.54, 1.807) is 17.6 Å². The Morgan fingerprint density at radius 1 is 1.16 bits per heavy atom. The van der Waals surface area contributed by atoms with Gasteiger partial charge in [-0.25, -0.2) is 19.5 Å². The molecule has 2 fully saturated rings. The van der Waals surface area contributed by atoms with E-state index in [2.05, 4.69) is 24.9 Å². The number of nitrogens with one attached hydrogen (secondary N) is 1. The maximum Gasteiger partial charge on any atom is 0.695 e. The SMILES string of the molecule is C[C@H]1[C@H](O[P+](=O)O)[C@@H](COP(=O)(O)O[C@@H]2C[C@@H](CO)O[C@H]2n2cnc3c(=O)[nH]c(N)nc32)O[C@H]1n1cnc2c(N)ccnc21. The van der Waals surface area contributed by atoms with Gasteiger partial charge in [0, 0.05) is 23.1 Å². The van der Waals surface area contributed by atoms with Gasteiger partial charge in [-0.15, -0.1) is 9.42 Å². The molecule has 20 nitrogen and oxygen atoms in total. The summed E-state index contributed by atoms with van der Waals surface area (Å²) in [6.07, 6.45) is -1.98. The highest BCUT2D eigenvalue weighted by Gasteiger charge is 2.50. The van der Waals surface area contributed by atoms with Crippen LogP contribution in [0.1, 0.15) is 25.8 Å². The third-order valence-electron chi connectivity index (χ3n) is 7.37. The number of aromatic amines is 1. The van der Waals surface area contributed by atoms with Gasteiger partial charge in [0.15, 0.2) is 29.1 Å². The first kappa shape index (κ1) is 30.6. The summed E-state index contributed by atoms with van der Waals surface area (Å²) in [7, 11) is -7.96. The van der Waals surface area contributed by atoms with E-state index < -0.39 is 77.6 Å². The minimum Gasteiger partial charge on any atom is -0.397 e. The van der Waals surface area contributed by atoms with Crippen molar-refractivity contribution >= 4 is 50.0 Å². The number of anilines is 2. The smallest absolute Gasteiger partial charge is 0.397 e. The molecule has 0 aromatic carbocycles. The Morgan fingerprint density at radius 2 is 1.89 bits per heavy atom. The van der Waals surface area contributed by atoms with Gasteiger partial charge in [-0.05, 0) is 6.07 Å². The second-order valence-corrected chi connectivity index (χ2v) is 12.3. The van der Waals surface area contributed by atoms with E-state index in [0.29, 0.717) is 16.9 Å². The quantitative estimate of drug-likeness (QED) is 0.123. The topological polar surface area (TPSA) is 287 Å². The van der Waals surface area contributed by atoms with Crippen molar-refractivity contribution in [2.75, 3.05) is 24.7 Å². The number of nitrogens with two attached hydrogens (primary N) is 2. The van der Waals surface area contributed by atoms with Crippen molar-refractivity contribution in [3.63, 3.8) is 0 Å². The standard InChI is InChI=1S/C22H27N9O11P2/c1-9-16(41-43(34)35)13(40-20(9)30-7-26-14-11(23)2-3-25-17(14)30)6-38-44(36,37)42-12-4-10(5-32)39-21(12)31-8-27-15-18(31)28-22(24)29-19(15)33/h2-3,7-10,12-13,16,20-21,32H,4-6H2,1H3,(H6-,23,24,25,28,29,33,34,35,36,37)/p+1/t9-,10-,12+,13+,16-,20+,21+/m0/s1. The fourth-order valence-corrected chi connectivity index (χ4v) is 6.88. The molecule has 2 unspecified atom stereocenters. The van der Waals surface area contributed by atoms with Gasteiger partial charge in [-0.3, -0.25) is 28.0 Å². The van der Waals surface area contributed by atoms with Crippen LogP contribution in [0.2, 0.25) is 0 Å². The Balaban J connectivity index is 1.20. The van der Waals surface area contributed by atoms with E-state index in [9.17, 15) is 28.8 Å². The number of phosphoric ester groups is 1. The summed E-state index contributed by atoms with van der Waals surface area (Å²) in [5.41, 5.74) is 12.2. The number of imidazole rings is 2. The van der Waals surface area contributed by atoms with Crippen molar-refractivity contribution < 1.29 is 47.1 Å². The number of aromatic nitrogens is 7. The van der Waals surface area contributed by atoms with Crippen molar-refractivity contribution in [3.8, 4) is 0 Å². The highest BCUT2D eigenvalue weighted by atomic mass is 31.2. The molecule has 0 spiro atoms. The lowest BCUT2D eigenvalue weighted by Gasteiger charge is -2.23. The maximum atomic E-state index is 13.2. The molecule has 0 radical (unpaired) electrons. The normalized spacial score (nSPS) is 29.0. The average molecular weight is 656 g/mol. The summed E-state index contributed by atoms with van der Waals surface area (Å²) in [5.74, 6) is -0.770. The van der Waals surface area contributed by atoms with Crippen LogP contribution in [-0.2, 0) is 32.2 Å². The molecule has 4 aromatic heterocycles. The molecule has 2 saturated heterocycles. The zero-order chi connectivity index (χ0) is 31.3. The number of nitrogen functional groups attached to an aromatic ring is 2. The number of pyridine rings is 1. The second-order valence-electron chi connectivity index (χ2n) is 10.2. The van der Waals surface area contributed by atoms with Crippen LogP contribution in [-0.4, -0.2) is 86.6 Å². The third kappa shape index (κ3) is 5.72. The van der Waals surface area contributed by atoms with E-state index in [4.69, 9.17) is 34.5 Å². The predicted molar refractivity (Wildman–Crippen MR) is 149 cm³/mol. The monoisotopic (exact) mass is 656 g/mol. The number of phosphoric acid groups is 1. The summed E-state index contributed by atoms with van der Waals surface area (Å²) >= 11 is 0. The van der Waals surface area contributed by atoms with Crippen molar-refractivity contribution in [1.82, 2.24) is 34.1 Å². The fourth-order valence-electron chi connectivity index (χ4n) is 5.41. The van der Waals surface area contributed by atoms with Crippen LogP contribution >= 0.6 is 16.1 Å². The molecule has 236 valence electrons. The lowest BCUT2D eigenvalue weighted by molar-refractivity contribution is -0.0584. The molecule has 0 bridgehead atoms. The van der Waals surface area contributed by atoms with E-state index in [0.717, 1.165) is 0 Å². The van der Waals surface area contributed by atoms with Gasteiger partial charge < -0.3 is 30.9 Å². The molecule has 2 aliphatic heterocycles. The molecule has 2 aliphatic rings. The Kier molecular flexibility index (Phi) is 8.22. The van der Waals surface area contributed by atoms with Crippen molar-refractivity contribution in [1.29, 1.82) is 0 Å². The van der Waals surface area contributed by atoms with Gasteiger partial charge >= 0.3 is 16.1 Å². The van der Waals surface area contributed by atoms with Crippen LogP contribution in [0.5, 0.6) is 0 Å². The van der Waals surface area contributed by atoms with E-state index in [1.807, 2.05) is 0 Å². The van der Waals surface area contributed by atoms with Crippen molar-refractivity contribution in [3.05, 3.63) is 35.3 Å². The first-order valence-electron chi connectivity index (χ1n) is 13.2. The largest absolute Gasteiger partial charge is 0.695 e. The van der Waals surface area contributed by atoms with Gasteiger partial charge in [-0.1, -0.05) is 6.92 Å². The van der Waals surface area contributed by atoms with E-state index in [1.165, 1.54) is 23.4 Å². The van der Waals surface area contributed by atoms with Crippen molar-refractivity contribution in [2.24, 2.45) is 5.92 Å². The van der Waals surface area contributed by atoms with Crippen LogP contribution in [0.15, 0.2) is 29.7 Å². The van der Waals surface area contributed by atoms with Crippen LogP contribution in [0.3, 0.4) is 0 Å².